The molecular formula is C28H36N2O4. The number of carbonyl (C=O) groups excluding carboxylic acids is 2. The van der Waals surface area contributed by atoms with Gasteiger partial charge in [-0.3, -0.25) is 0 Å². The first-order valence-electron chi connectivity index (χ1n) is 11.9. The molecule has 6 nitrogen and oxygen atoms in total. The molecule has 1 N–H and O–H groups in total. The van der Waals surface area contributed by atoms with Crippen LogP contribution in [0.3, 0.4) is 0 Å². The maximum Gasteiger partial charge on any atom is 0.410 e. The van der Waals surface area contributed by atoms with Crippen molar-refractivity contribution in [3.8, 4) is 11.1 Å². The molecule has 0 atom stereocenters. The third kappa shape index (κ3) is 4.26. The van der Waals surface area contributed by atoms with Gasteiger partial charge >= 0.3 is 12.2 Å². The second kappa shape index (κ2) is 7.76. The third-order valence-corrected chi connectivity index (χ3v) is 6.44. The first kappa shape index (κ1) is 24.1. The molecule has 1 heterocycles. The van der Waals surface area contributed by atoms with Gasteiger partial charge in [0.1, 0.15) is 16.7 Å². The van der Waals surface area contributed by atoms with Crippen LogP contribution in [0.25, 0.3) is 11.1 Å². The fourth-order valence-corrected chi connectivity index (χ4v) is 5.03. The Hall–Kier alpha value is -3.02. The number of benzene rings is 2. The SMILES string of the molecule is CC(C)(C)OC(=O)NC1(c2cccc3c2-c2ccccc2C3(C)C)CN(C(=O)OC(C)(C)C)C1. The lowest BCUT2D eigenvalue weighted by Gasteiger charge is -2.51. The molecule has 1 fully saturated rings. The van der Waals surface area contributed by atoms with Gasteiger partial charge in [-0.2, -0.15) is 0 Å². The van der Waals surface area contributed by atoms with Crippen molar-refractivity contribution in [2.75, 3.05) is 13.1 Å². The van der Waals surface area contributed by atoms with Crippen LogP contribution in [0.15, 0.2) is 42.5 Å². The van der Waals surface area contributed by atoms with E-state index in [2.05, 4.69) is 49.5 Å². The Morgan fingerprint density at radius 3 is 2.00 bits per heavy atom. The van der Waals surface area contributed by atoms with E-state index in [1.54, 1.807) is 4.90 Å². The van der Waals surface area contributed by atoms with Crippen molar-refractivity contribution in [2.24, 2.45) is 0 Å². The van der Waals surface area contributed by atoms with Crippen LogP contribution in [0.4, 0.5) is 9.59 Å². The van der Waals surface area contributed by atoms with Gasteiger partial charge < -0.3 is 19.7 Å². The highest BCUT2D eigenvalue weighted by atomic mass is 16.6. The van der Waals surface area contributed by atoms with Gasteiger partial charge in [0.2, 0.25) is 0 Å². The fraction of sp³-hybridized carbons (Fsp3) is 0.500. The molecule has 1 aliphatic heterocycles. The van der Waals surface area contributed by atoms with Gasteiger partial charge in [-0.1, -0.05) is 56.3 Å². The minimum absolute atomic E-state index is 0.163. The summed E-state index contributed by atoms with van der Waals surface area (Å²) in [5, 5.41) is 3.13. The number of fused-ring (bicyclic) bond motifs is 3. The lowest BCUT2D eigenvalue weighted by molar-refractivity contribution is -0.0228. The Bertz CT molecular complexity index is 1130. The van der Waals surface area contributed by atoms with Gasteiger partial charge in [-0.25, -0.2) is 9.59 Å². The molecule has 0 spiro atoms. The van der Waals surface area contributed by atoms with Crippen molar-refractivity contribution in [3.63, 3.8) is 0 Å². The molecule has 4 rings (SSSR count). The number of nitrogens with zero attached hydrogens (tertiary/aromatic N) is 1. The summed E-state index contributed by atoms with van der Waals surface area (Å²) >= 11 is 0. The molecule has 1 aliphatic carbocycles. The van der Waals surface area contributed by atoms with Crippen LogP contribution < -0.4 is 5.32 Å². The van der Waals surface area contributed by atoms with E-state index in [1.807, 2.05) is 53.7 Å². The summed E-state index contributed by atoms with van der Waals surface area (Å²) in [5.41, 5.74) is 3.59. The Morgan fingerprint density at radius 2 is 1.38 bits per heavy atom. The smallest absolute Gasteiger partial charge is 0.410 e. The van der Waals surface area contributed by atoms with E-state index in [0.717, 1.165) is 11.1 Å². The van der Waals surface area contributed by atoms with Crippen LogP contribution in [0.2, 0.25) is 0 Å². The summed E-state index contributed by atoms with van der Waals surface area (Å²) in [6, 6.07) is 14.7. The molecule has 2 aliphatic rings. The standard InChI is InChI=1S/C28H36N2O4/c1-25(2,3)33-23(31)29-28(16-30(17-28)24(32)34-26(4,5)6)21-15-11-14-20-22(21)18-12-9-10-13-19(18)27(20,7)8/h9-15H,16-17H2,1-8H3,(H,29,31). The number of amides is 2. The largest absolute Gasteiger partial charge is 0.444 e. The molecule has 34 heavy (non-hydrogen) atoms. The van der Waals surface area contributed by atoms with Gasteiger partial charge in [0, 0.05) is 5.41 Å². The topological polar surface area (TPSA) is 67.9 Å². The van der Waals surface area contributed by atoms with Crippen LogP contribution in [0.1, 0.15) is 72.1 Å². The molecule has 6 heteroatoms. The quantitative estimate of drug-likeness (QED) is 0.595. The van der Waals surface area contributed by atoms with Crippen LogP contribution >= 0.6 is 0 Å². The number of hydrogen-bond acceptors (Lipinski definition) is 4. The highest BCUT2D eigenvalue weighted by Crippen LogP contribution is 2.52. The molecule has 182 valence electrons. The average Bonchev–Trinajstić information content (AvgIpc) is 2.89. The molecule has 2 aromatic carbocycles. The zero-order valence-corrected chi connectivity index (χ0v) is 21.5. The summed E-state index contributed by atoms with van der Waals surface area (Å²) in [6.07, 6.45) is -0.887. The van der Waals surface area contributed by atoms with Crippen molar-refractivity contribution < 1.29 is 19.1 Å². The van der Waals surface area contributed by atoms with Gasteiger partial charge in [-0.15, -0.1) is 0 Å². The van der Waals surface area contributed by atoms with E-state index in [-0.39, 0.29) is 11.5 Å². The zero-order valence-electron chi connectivity index (χ0n) is 21.5. The maximum absolute atomic E-state index is 13.0. The summed E-state index contributed by atoms with van der Waals surface area (Å²) in [5.74, 6) is 0. The summed E-state index contributed by atoms with van der Waals surface area (Å²) in [7, 11) is 0. The Kier molecular flexibility index (Phi) is 5.50. The molecule has 0 radical (unpaired) electrons. The van der Waals surface area contributed by atoms with Crippen LogP contribution in [0.5, 0.6) is 0 Å². The highest BCUT2D eigenvalue weighted by Gasteiger charge is 2.52. The second-order valence-corrected chi connectivity index (χ2v) is 11.9. The molecule has 0 bridgehead atoms. The number of hydrogen-bond donors (Lipinski definition) is 1. The Labute approximate surface area is 202 Å². The van der Waals surface area contributed by atoms with Crippen molar-refractivity contribution in [1.82, 2.24) is 10.2 Å². The lowest BCUT2D eigenvalue weighted by atomic mass is 9.77. The maximum atomic E-state index is 13.0. The number of nitrogens with one attached hydrogen (secondary N) is 1. The van der Waals surface area contributed by atoms with Crippen molar-refractivity contribution in [3.05, 3.63) is 59.2 Å². The van der Waals surface area contributed by atoms with E-state index in [4.69, 9.17) is 9.47 Å². The van der Waals surface area contributed by atoms with Crippen LogP contribution in [-0.4, -0.2) is 41.4 Å². The van der Waals surface area contributed by atoms with Crippen molar-refractivity contribution in [2.45, 2.75) is 77.5 Å². The minimum atomic E-state index is -0.780. The predicted molar refractivity (Wildman–Crippen MR) is 133 cm³/mol. The number of likely N-dealkylation sites (tertiary alicyclic amines) is 1. The summed E-state index contributed by atoms with van der Waals surface area (Å²) in [6.45, 7) is 16.1. The number of alkyl carbamates (subject to hydrolysis) is 1. The number of carbonyl (C=O) groups is 2. The van der Waals surface area contributed by atoms with Gasteiger partial charge in [-0.05, 0) is 69.4 Å². The van der Waals surface area contributed by atoms with Gasteiger partial charge in [0.25, 0.3) is 0 Å². The number of ether oxygens (including phenoxy) is 2. The van der Waals surface area contributed by atoms with E-state index >= 15 is 0 Å². The van der Waals surface area contributed by atoms with E-state index in [0.29, 0.717) is 13.1 Å². The minimum Gasteiger partial charge on any atom is -0.444 e. The predicted octanol–water partition coefficient (Wildman–Crippen LogP) is 5.96. The third-order valence-electron chi connectivity index (χ3n) is 6.44. The summed E-state index contributed by atoms with van der Waals surface area (Å²) in [4.78, 5) is 27.4. The van der Waals surface area contributed by atoms with Gasteiger partial charge in [0.05, 0.1) is 13.1 Å². The lowest BCUT2D eigenvalue weighted by Crippen LogP contribution is -2.69. The van der Waals surface area contributed by atoms with E-state index in [1.165, 1.54) is 16.7 Å². The summed E-state index contributed by atoms with van der Waals surface area (Å²) < 4.78 is 11.2. The first-order valence-corrected chi connectivity index (χ1v) is 11.9. The molecule has 2 aromatic rings. The average molecular weight is 465 g/mol. The van der Waals surface area contributed by atoms with Crippen molar-refractivity contribution >= 4 is 12.2 Å². The molecule has 0 unspecified atom stereocenters. The Morgan fingerprint density at radius 1 is 0.824 bits per heavy atom. The van der Waals surface area contributed by atoms with Crippen molar-refractivity contribution in [1.29, 1.82) is 0 Å². The molecule has 0 aromatic heterocycles. The number of rotatable bonds is 2. The van der Waals surface area contributed by atoms with E-state index in [9.17, 15) is 9.59 Å². The first-order chi connectivity index (χ1) is 15.6. The molecule has 0 saturated carbocycles. The van der Waals surface area contributed by atoms with Gasteiger partial charge in [0.15, 0.2) is 0 Å². The normalized spacial score (nSPS) is 17.8. The molecular weight excluding hydrogens is 428 g/mol. The molecule has 2 amide bonds. The monoisotopic (exact) mass is 464 g/mol. The van der Waals surface area contributed by atoms with Crippen LogP contribution in [0, 0.1) is 0 Å². The zero-order chi connectivity index (χ0) is 25.1. The highest BCUT2D eigenvalue weighted by molar-refractivity contribution is 5.85. The fourth-order valence-electron chi connectivity index (χ4n) is 5.03. The molecule has 1 saturated heterocycles. The second-order valence-electron chi connectivity index (χ2n) is 11.9. The Balaban J connectivity index is 1.77. The van der Waals surface area contributed by atoms with E-state index < -0.39 is 22.8 Å². The van der Waals surface area contributed by atoms with Crippen LogP contribution in [-0.2, 0) is 20.4 Å².